The zero-order valence-corrected chi connectivity index (χ0v) is 18.6. The molecule has 0 saturated heterocycles. The van der Waals surface area contributed by atoms with E-state index in [1.54, 1.807) is 7.11 Å². The third-order valence-corrected chi connectivity index (χ3v) is 6.18. The van der Waals surface area contributed by atoms with Gasteiger partial charge in [0, 0.05) is 13.1 Å². The zero-order valence-electron chi connectivity index (χ0n) is 17.8. The Morgan fingerprint density at radius 1 is 0.844 bits per heavy atom. The summed E-state index contributed by atoms with van der Waals surface area (Å²) in [4.78, 5) is 12.1. The summed E-state index contributed by atoms with van der Waals surface area (Å²) in [5.74, 6) is 0.883. The van der Waals surface area contributed by atoms with Gasteiger partial charge in [-0.25, -0.2) is 13.1 Å². The molecule has 0 aliphatic carbocycles. The predicted octanol–water partition coefficient (Wildman–Crippen LogP) is 2.91. The SMILES string of the molecule is COc1ccc(CNC(=O)COc2ccc(S(=O)(=O)NCCc3ccccc3)cc2)cc1. The van der Waals surface area contributed by atoms with Crippen LogP contribution in [0.1, 0.15) is 11.1 Å². The van der Waals surface area contributed by atoms with E-state index < -0.39 is 10.0 Å². The molecule has 0 radical (unpaired) electrons. The van der Waals surface area contributed by atoms with Gasteiger partial charge < -0.3 is 14.8 Å². The lowest BCUT2D eigenvalue weighted by Crippen LogP contribution is -2.28. The van der Waals surface area contributed by atoms with Gasteiger partial charge in [0.1, 0.15) is 11.5 Å². The van der Waals surface area contributed by atoms with Crippen LogP contribution in [0.25, 0.3) is 0 Å². The van der Waals surface area contributed by atoms with Gasteiger partial charge in [0.05, 0.1) is 12.0 Å². The van der Waals surface area contributed by atoms with E-state index in [1.165, 1.54) is 24.3 Å². The number of ether oxygens (including phenoxy) is 2. The molecule has 0 heterocycles. The second kappa shape index (κ2) is 11.3. The molecule has 3 aromatic rings. The molecule has 2 N–H and O–H groups in total. The Morgan fingerprint density at radius 2 is 1.50 bits per heavy atom. The van der Waals surface area contributed by atoms with Crippen LogP contribution in [-0.2, 0) is 27.8 Å². The maximum Gasteiger partial charge on any atom is 0.258 e. The predicted molar refractivity (Wildman–Crippen MR) is 122 cm³/mol. The lowest BCUT2D eigenvalue weighted by molar-refractivity contribution is -0.123. The Bertz CT molecular complexity index is 1100. The molecule has 1 amide bonds. The van der Waals surface area contributed by atoms with Crippen molar-refractivity contribution in [2.24, 2.45) is 0 Å². The molecule has 32 heavy (non-hydrogen) atoms. The third-order valence-electron chi connectivity index (χ3n) is 4.70. The van der Waals surface area contributed by atoms with Crippen LogP contribution in [0.5, 0.6) is 11.5 Å². The molecule has 3 aromatic carbocycles. The van der Waals surface area contributed by atoms with E-state index in [2.05, 4.69) is 10.0 Å². The van der Waals surface area contributed by atoms with E-state index in [0.29, 0.717) is 25.3 Å². The van der Waals surface area contributed by atoms with Crippen molar-refractivity contribution in [2.45, 2.75) is 17.9 Å². The Hall–Kier alpha value is -3.36. The topological polar surface area (TPSA) is 93.7 Å². The van der Waals surface area contributed by atoms with Crippen molar-refractivity contribution < 1.29 is 22.7 Å². The minimum absolute atomic E-state index is 0.141. The molecular formula is C24H26N2O5S. The Kier molecular flexibility index (Phi) is 8.24. The van der Waals surface area contributed by atoms with E-state index in [1.807, 2.05) is 54.6 Å². The van der Waals surface area contributed by atoms with Crippen LogP contribution in [-0.4, -0.2) is 34.6 Å². The summed E-state index contributed by atoms with van der Waals surface area (Å²) in [5.41, 5.74) is 2.00. The number of nitrogens with one attached hydrogen (secondary N) is 2. The molecule has 0 atom stereocenters. The van der Waals surface area contributed by atoms with E-state index >= 15 is 0 Å². The lowest BCUT2D eigenvalue weighted by atomic mass is 10.2. The molecule has 8 heteroatoms. The Morgan fingerprint density at radius 3 is 2.16 bits per heavy atom. The maximum absolute atomic E-state index is 12.4. The first-order valence-electron chi connectivity index (χ1n) is 10.1. The van der Waals surface area contributed by atoms with Crippen LogP contribution >= 0.6 is 0 Å². The smallest absolute Gasteiger partial charge is 0.258 e. The molecule has 3 rings (SSSR count). The standard InChI is InChI=1S/C24H26N2O5S/c1-30-21-9-7-20(8-10-21)17-25-24(27)18-31-22-11-13-23(14-12-22)32(28,29)26-16-15-19-5-3-2-4-6-19/h2-14,26H,15-18H2,1H3,(H,25,27). The number of amides is 1. The van der Waals surface area contributed by atoms with E-state index in [9.17, 15) is 13.2 Å². The lowest BCUT2D eigenvalue weighted by Gasteiger charge is -2.10. The average molecular weight is 455 g/mol. The quantitative estimate of drug-likeness (QED) is 0.465. The molecule has 0 spiro atoms. The van der Waals surface area contributed by atoms with Gasteiger partial charge in [-0.2, -0.15) is 0 Å². The van der Waals surface area contributed by atoms with Crippen LogP contribution in [0, 0.1) is 0 Å². The number of carbonyl (C=O) groups is 1. The van der Waals surface area contributed by atoms with Gasteiger partial charge >= 0.3 is 0 Å². The third kappa shape index (κ3) is 7.11. The van der Waals surface area contributed by atoms with E-state index in [-0.39, 0.29) is 17.4 Å². The molecule has 7 nitrogen and oxygen atoms in total. The number of hydrogen-bond acceptors (Lipinski definition) is 5. The highest BCUT2D eigenvalue weighted by Gasteiger charge is 2.13. The molecule has 0 bridgehead atoms. The molecule has 0 aliphatic rings. The van der Waals surface area contributed by atoms with Gasteiger partial charge in [-0.15, -0.1) is 0 Å². The molecule has 0 saturated carbocycles. The fraction of sp³-hybridized carbons (Fsp3) is 0.208. The first kappa shape index (κ1) is 23.3. The number of benzene rings is 3. The number of sulfonamides is 1. The van der Waals surface area contributed by atoms with Crippen molar-refractivity contribution in [2.75, 3.05) is 20.3 Å². The molecule has 0 aromatic heterocycles. The summed E-state index contributed by atoms with van der Waals surface area (Å²) >= 11 is 0. The summed E-state index contributed by atoms with van der Waals surface area (Å²) < 4.78 is 38.0. The van der Waals surface area contributed by atoms with Crippen molar-refractivity contribution >= 4 is 15.9 Å². The van der Waals surface area contributed by atoms with Crippen molar-refractivity contribution in [1.82, 2.24) is 10.0 Å². The van der Waals surface area contributed by atoms with E-state index in [4.69, 9.17) is 9.47 Å². The van der Waals surface area contributed by atoms with Crippen LogP contribution in [0.4, 0.5) is 0 Å². The minimum Gasteiger partial charge on any atom is -0.497 e. The van der Waals surface area contributed by atoms with Crippen LogP contribution in [0.3, 0.4) is 0 Å². The summed E-state index contributed by atoms with van der Waals surface area (Å²) in [6.07, 6.45) is 0.604. The first-order valence-corrected chi connectivity index (χ1v) is 11.6. The second-order valence-corrected chi connectivity index (χ2v) is 8.79. The highest BCUT2D eigenvalue weighted by atomic mass is 32.2. The normalized spacial score (nSPS) is 11.0. The highest BCUT2D eigenvalue weighted by Crippen LogP contribution is 2.16. The monoisotopic (exact) mass is 454 g/mol. The van der Waals surface area contributed by atoms with Crippen molar-refractivity contribution in [3.8, 4) is 11.5 Å². The number of methoxy groups -OCH3 is 1. The molecule has 0 aliphatic heterocycles. The van der Waals surface area contributed by atoms with Crippen molar-refractivity contribution in [3.63, 3.8) is 0 Å². The van der Waals surface area contributed by atoms with Gasteiger partial charge in [0.2, 0.25) is 10.0 Å². The Balaban J connectivity index is 1.43. The highest BCUT2D eigenvalue weighted by molar-refractivity contribution is 7.89. The van der Waals surface area contributed by atoms with Gasteiger partial charge in [-0.05, 0) is 53.9 Å². The van der Waals surface area contributed by atoms with Gasteiger partial charge in [-0.3, -0.25) is 4.79 Å². The number of rotatable bonds is 11. The van der Waals surface area contributed by atoms with E-state index in [0.717, 1.165) is 16.9 Å². The van der Waals surface area contributed by atoms with Crippen molar-refractivity contribution in [1.29, 1.82) is 0 Å². The fourth-order valence-electron chi connectivity index (χ4n) is 2.92. The molecular weight excluding hydrogens is 428 g/mol. The number of hydrogen-bond donors (Lipinski definition) is 2. The van der Waals surface area contributed by atoms with Gasteiger partial charge in [0.25, 0.3) is 5.91 Å². The summed E-state index contributed by atoms with van der Waals surface area (Å²) in [7, 11) is -2.02. The fourth-order valence-corrected chi connectivity index (χ4v) is 3.95. The molecule has 0 unspecified atom stereocenters. The second-order valence-electron chi connectivity index (χ2n) is 7.02. The van der Waals surface area contributed by atoms with Crippen LogP contribution < -0.4 is 19.5 Å². The zero-order chi connectivity index (χ0) is 22.8. The molecule has 168 valence electrons. The number of carbonyl (C=O) groups excluding carboxylic acids is 1. The maximum atomic E-state index is 12.4. The summed E-state index contributed by atoms with van der Waals surface area (Å²) in [5, 5.41) is 2.77. The Labute approximate surface area is 188 Å². The summed E-state index contributed by atoms with van der Waals surface area (Å²) in [6.45, 7) is 0.508. The minimum atomic E-state index is -3.62. The first-order chi connectivity index (χ1) is 15.5. The van der Waals surface area contributed by atoms with Gasteiger partial charge in [-0.1, -0.05) is 42.5 Å². The van der Waals surface area contributed by atoms with Crippen LogP contribution in [0.15, 0.2) is 83.8 Å². The van der Waals surface area contributed by atoms with Crippen LogP contribution in [0.2, 0.25) is 0 Å². The largest absolute Gasteiger partial charge is 0.497 e. The van der Waals surface area contributed by atoms with Crippen molar-refractivity contribution in [3.05, 3.63) is 90.0 Å². The average Bonchev–Trinajstić information content (AvgIpc) is 2.82. The molecule has 0 fully saturated rings. The van der Waals surface area contributed by atoms with Gasteiger partial charge in [0.15, 0.2) is 6.61 Å². The summed E-state index contributed by atoms with van der Waals surface area (Å²) in [6, 6.07) is 23.0.